The monoisotopic (exact) mass is 872 g/mol. The molecule has 0 aliphatic heterocycles. The first-order valence-corrected chi connectivity index (χ1v) is 21.2. The van der Waals surface area contributed by atoms with Crippen molar-refractivity contribution < 1.29 is 42.9 Å². The Bertz CT molecular complexity index is 2400. The quantitative estimate of drug-likeness (QED) is 0.0414. The summed E-state index contributed by atoms with van der Waals surface area (Å²) in [7, 11) is 0. The van der Waals surface area contributed by atoms with Gasteiger partial charge >= 0.3 is 23.9 Å². The molecule has 0 saturated carbocycles. The molecule has 0 aliphatic carbocycles. The van der Waals surface area contributed by atoms with Crippen molar-refractivity contribution in [1.29, 1.82) is 0 Å². The number of benzene rings is 6. The van der Waals surface area contributed by atoms with Gasteiger partial charge in [-0.05, 0) is 136 Å². The average molecular weight is 873 g/mol. The Morgan fingerprint density at radius 2 is 0.692 bits per heavy atom. The maximum absolute atomic E-state index is 12.6. The largest absolute Gasteiger partial charge is 0.463 e. The van der Waals surface area contributed by atoms with Crippen LogP contribution in [0.2, 0.25) is 0 Å². The second-order valence-corrected chi connectivity index (χ2v) is 15.1. The fraction of sp³-hybridized carbons (Fsp3) is 0.185. The van der Waals surface area contributed by atoms with Gasteiger partial charge in [0.1, 0.15) is 24.7 Å². The number of anilines is 6. The van der Waals surface area contributed by atoms with Crippen LogP contribution in [-0.4, -0.2) is 50.3 Å². The van der Waals surface area contributed by atoms with Crippen LogP contribution in [0.15, 0.2) is 170 Å². The zero-order valence-corrected chi connectivity index (χ0v) is 37.1. The second-order valence-electron chi connectivity index (χ2n) is 15.1. The van der Waals surface area contributed by atoms with Crippen molar-refractivity contribution in [3.8, 4) is 11.5 Å². The summed E-state index contributed by atoms with van der Waals surface area (Å²) < 4.78 is 26.7. The molecule has 0 saturated heterocycles. The van der Waals surface area contributed by atoms with E-state index in [1.165, 1.54) is 0 Å². The third-order valence-electron chi connectivity index (χ3n) is 10.0. The number of hydrogen-bond acceptors (Lipinski definition) is 11. The van der Waals surface area contributed by atoms with Crippen LogP contribution in [0.25, 0.3) is 0 Å². The topological polar surface area (TPSA) is 121 Å². The lowest BCUT2D eigenvalue weighted by Crippen LogP contribution is -2.16. The van der Waals surface area contributed by atoms with E-state index in [9.17, 15) is 19.2 Å². The van der Waals surface area contributed by atoms with E-state index in [1.807, 2.05) is 111 Å². The third-order valence-corrected chi connectivity index (χ3v) is 10.0. The highest BCUT2D eigenvalue weighted by Gasteiger charge is 2.18. The Kier molecular flexibility index (Phi) is 16.1. The summed E-state index contributed by atoms with van der Waals surface area (Å²) in [5, 5.41) is 0. The van der Waals surface area contributed by atoms with Crippen LogP contribution in [0.3, 0.4) is 0 Å². The van der Waals surface area contributed by atoms with Crippen LogP contribution >= 0.6 is 0 Å². The number of ether oxygens (including phenoxy) is 5. The summed E-state index contributed by atoms with van der Waals surface area (Å²) >= 11 is 0. The summed E-state index contributed by atoms with van der Waals surface area (Å²) in [6.07, 6.45) is 0.0648. The molecule has 65 heavy (non-hydrogen) atoms. The van der Waals surface area contributed by atoms with Gasteiger partial charge in [0.15, 0.2) is 0 Å². The first-order chi connectivity index (χ1) is 31.4. The zero-order chi connectivity index (χ0) is 46.3. The summed E-state index contributed by atoms with van der Waals surface area (Å²) in [4.78, 5) is 53.0. The third kappa shape index (κ3) is 13.1. The molecule has 0 radical (unpaired) electrons. The van der Waals surface area contributed by atoms with Crippen LogP contribution in [0.1, 0.15) is 36.1 Å². The van der Waals surface area contributed by atoms with E-state index >= 15 is 0 Å². The van der Waals surface area contributed by atoms with Gasteiger partial charge in [-0.15, -0.1) is 0 Å². The smallest absolute Gasteiger partial charge is 0.336 e. The predicted octanol–water partition coefficient (Wildman–Crippen LogP) is 11.4. The first kappa shape index (κ1) is 46.6. The highest BCUT2D eigenvalue weighted by atomic mass is 16.6. The average Bonchev–Trinajstić information content (AvgIpc) is 3.31. The molecule has 332 valence electrons. The van der Waals surface area contributed by atoms with Crippen molar-refractivity contribution in [2.75, 3.05) is 36.2 Å². The van der Waals surface area contributed by atoms with Crippen molar-refractivity contribution in [3.05, 3.63) is 192 Å². The number of rotatable bonds is 20. The minimum Gasteiger partial charge on any atom is -0.463 e. The van der Waals surface area contributed by atoms with Gasteiger partial charge in [-0.3, -0.25) is 9.59 Å². The van der Waals surface area contributed by atoms with Crippen LogP contribution < -0.4 is 14.5 Å². The van der Waals surface area contributed by atoms with E-state index in [0.717, 1.165) is 56.4 Å². The molecule has 0 aromatic heterocycles. The number of hydrogen-bond donors (Lipinski definition) is 0. The minimum atomic E-state index is -0.587. The number of carbonyl (C=O) groups is 4. The zero-order valence-electron chi connectivity index (χ0n) is 37.1. The van der Waals surface area contributed by atoms with Crippen molar-refractivity contribution in [3.63, 3.8) is 0 Å². The minimum absolute atomic E-state index is 0.0324. The molecule has 0 heterocycles. The van der Waals surface area contributed by atoms with Crippen LogP contribution in [0.4, 0.5) is 34.1 Å². The molecular weight excluding hydrogens is 821 g/mol. The molecule has 0 fully saturated rings. The van der Waals surface area contributed by atoms with Gasteiger partial charge in [0, 0.05) is 34.1 Å². The molecule has 0 spiro atoms. The van der Waals surface area contributed by atoms with Gasteiger partial charge < -0.3 is 33.5 Å². The van der Waals surface area contributed by atoms with Gasteiger partial charge in [-0.2, -0.15) is 0 Å². The number of nitrogens with zero attached hydrogens (tertiary/aromatic N) is 2. The molecule has 0 N–H and O–H groups in total. The molecule has 6 aromatic carbocycles. The van der Waals surface area contributed by atoms with E-state index in [0.29, 0.717) is 11.5 Å². The van der Waals surface area contributed by atoms with Gasteiger partial charge in [0.2, 0.25) is 0 Å². The summed E-state index contributed by atoms with van der Waals surface area (Å²) in [6.45, 7) is 14.7. The van der Waals surface area contributed by atoms with Gasteiger partial charge in [-0.25, -0.2) is 9.59 Å². The lowest BCUT2D eigenvalue weighted by molar-refractivity contribution is -0.145. The Balaban J connectivity index is 1.14. The number of esters is 4. The summed E-state index contributed by atoms with van der Waals surface area (Å²) in [5.74, 6) is -0.823. The summed E-state index contributed by atoms with van der Waals surface area (Å²) in [5.41, 5.74) is 9.42. The first-order valence-electron chi connectivity index (χ1n) is 21.2. The molecule has 6 rings (SSSR count). The lowest BCUT2D eigenvalue weighted by Gasteiger charge is -2.26. The highest BCUT2D eigenvalue weighted by molar-refractivity contribution is 5.89. The van der Waals surface area contributed by atoms with Crippen molar-refractivity contribution >= 4 is 58.0 Å². The maximum Gasteiger partial charge on any atom is 0.336 e. The molecule has 11 nitrogen and oxygen atoms in total. The van der Waals surface area contributed by atoms with Gasteiger partial charge in [0.05, 0.1) is 37.2 Å². The molecule has 6 aromatic rings. The Hall–Kier alpha value is -7.92. The van der Waals surface area contributed by atoms with Crippen molar-refractivity contribution in [1.82, 2.24) is 0 Å². The SMILES string of the molecule is C=C(COC(=O)Cc1ccc(N(c2ccc(C)cc2)c2ccc(Oc3ccc(N(c4ccc(C)cc4)c4ccc(CC(=O)OCC(=C)C(=O)OCC)cc4)cc3)cc2)cc1)C(=O)OCC. The fourth-order valence-electron chi connectivity index (χ4n) is 6.63. The highest BCUT2D eigenvalue weighted by Crippen LogP contribution is 2.38. The van der Waals surface area contributed by atoms with E-state index in [-0.39, 0.29) is 50.4 Å². The normalized spacial score (nSPS) is 10.6. The van der Waals surface area contributed by atoms with E-state index in [2.05, 4.69) is 71.5 Å². The Morgan fingerprint density at radius 3 is 0.985 bits per heavy atom. The summed E-state index contributed by atoms with van der Waals surface area (Å²) in [6, 6.07) is 47.5. The van der Waals surface area contributed by atoms with E-state index < -0.39 is 23.9 Å². The van der Waals surface area contributed by atoms with E-state index in [1.54, 1.807) is 13.8 Å². The molecule has 0 amide bonds. The standard InChI is InChI=1S/C54H52N2O9/c1-7-61-53(59)39(5)35-63-51(57)33-41-13-21-45(22-14-41)55(43-17-9-37(3)10-18-43)47-25-29-49(30-26-47)65-50-31-27-48(28-32-50)56(44-19-11-38(4)12-20-44)46-23-15-42(16-24-46)34-52(58)64-36-40(6)54(60)62-8-2/h9-32H,5-8,33-36H2,1-4H3. The van der Waals surface area contributed by atoms with E-state index in [4.69, 9.17) is 23.7 Å². The maximum atomic E-state index is 12.6. The van der Waals surface area contributed by atoms with Crippen molar-refractivity contribution in [2.45, 2.75) is 40.5 Å². The van der Waals surface area contributed by atoms with Crippen LogP contribution in [-0.2, 0) is 51.0 Å². The Labute approximate surface area is 380 Å². The van der Waals surface area contributed by atoms with Gasteiger partial charge in [0.25, 0.3) is 0 Å². The number of carbonyl (C=O) groups excluding carboxylic acids is 4. The van der Waals surface area contributed by atoms with Gasteiger partial charge in [-0.1, -0.05) is 72.8 Å². The number of aryl methyl sites for hydroxylation is 2. The Morgan fingerprint density at radius 1 is 0.415 bits per heavy atom. The molecule has 11 heteroatoms. The molecule has 0 aliphatic rings. The predicted molar refractivity (Wildman–Crippen MR) is 253 cm³/mol. The molecule has 0 atom stereocenters. The second kappa shape index (κ2) is 22.4. The molecule has 0 bridgehead atoms. The molecular formula is C54H52N2O9. The lowest BCUT2D eigenvalue weighted by atomic mass is 10.1. The molecule has 0 unspecified atom stereocenters. The van der Waals surface area contributed by atoms with Crippen LogP contribution in [0, 0.1) is 13.8 Å². The van der Waals surface area contributed by atoms with Crippen molar-refractivity contribution in [2.24, 2.45) is 0 Å². The van der Waals surface area contributed by atoms with Crippen LogP contribution in [0.5, 0.6) is 11.5 Å². The fourth-order valence-corrected chi connectivity index (χ4v) is 6.63.